The van der Waals surface area contributed by atoms with Crippen LogP contribution in [0.5, 0.6) is 0 Å². The third kappa shape index (κ3) is 1.84. The van der Waals surface area contributed by atoms with Crippen molar-refractivity contribution in [1.82, 2.24) is 0 Å². The molecule has 19 heavy (non-hydrogen) atoms. The Labute approximate surface area is 119 Å². The summed E-state index contributed by atoms with van der Waals surface area (Å²) in [6.45, 7) is 6.66. The van der Waals surface area contributed by atoms with Gasteiger partial charge in [-0.15, -0.1) is 0 Å². The predicted octanol–water partition coefficient (Wildman–Crippen LogP) is 5.29. The molecule has 0 saturated carbocycles. The zero-order chi connectivity index (χ0) is 13.6. The summed E-state index contributed by atoms with van der Waals surface area (Å²) in [5.74, 6) is 0. The van der Waals surface area contributed by atoms with Gasteiger partial charge in [0.1, 0.15) is 0 Å². The van der Waals surface area contributed by atoms with Crippen LogP contribution in [0.2, 0.25) is 5.02 Å². The zero-order valence-corrected chi connectivity index (χ0v) is 12.3. The van der Waals surface area contributed by atoms with Gasteiger partial charge in [-0.25, -0.2) is 0 Å². The number of benzene rings is 2. The van der Waals surface area contributed by atoms with Crippen LogP contribution < -0.4 is 5.32 Å². The summed E-state index contributed by atoms with van der Waals surface area (Å²) in [7, 11) is 0. The van der Waals surface area contributed by atoms with E-state index in [1.165, 1.54) is 22.4 Å². The normalized spacial score (nSPS) is 15.4. The predicted molar refractivity (Wildman–Crippen MR) is 82.7 cm³/mol. The molecule has 0 saturated heterocycles. The van der Waals surface area contributed by atoms with Crippen LogP contribution >= 0.6 is 11.6 Å². The SMILES string of the molecule is CCc1ccc2c(c1)Nc1cccc(Cl)c1C2(C)C. The third-order valence-corrected chi connectivity index (χ3v) is 4.39. The van der Waals surface area contributed by atoms with Gasteiger partial charge >= 0.3 is 0 Å². The van der Waals surface area contributed by atoms with Crippen LogP contribution in [0.1, 0.15) is 37.5 Å². The Kier molecular flexibility index (Phi) is 2.83. The van der Waals surface area contributed by atoms with E-state index in [0.717, 1.165) is 17.1 Å². The Bertz CT molecular complexity index is 644. The summed E-state index contributed by atoms with van der Waals surface area (Å²) in [4.78, 5) is 0. The Morgan fingerprint density at radius 1 is 1.11 bits per heavy atom. The highest BCUT2D eigenvalue weighted by molar-refractivity contribution is 6.32. The second-order valence-corrected chi connectivity index (χ2v) is 6.05. The van der Waals surface area contributed by atoms with Gasteiger partial charge < -0.3 is 5.32 Å². The molecule has 98 valence electrons. The van der Waals surface area contributed by atoms with E-state index in [0.29, 0.717) is 0 Å². The number of hydrogen-bond donors (Lipinski definition) is 1. The molecule has 0 spiro atoms. The van der Waals surface area contributed by atoms with Gasteiger partial charge in [-0.3, -0.25) is 0 Å². The van der Waals surface area contributed by atoms with E-state index in [1.807, 2.05) is 12.1 Å². The van der Waals surface area contributed by atoms with E-state index >= 15 is 0 Å². The molecule has 2 aromatic carbocycles. The molecule has 1 aliphatic rings. The second kappa shape index (κ2) is 4.28. The monoisotopic (exact) mass is 271 g/mol. The lowest BCUT2D eigenvalue weighted by molar-refractivity contribution is 0.638. The van der Waals surface area contributed by atoms with Crippen molar-refractivity contribution < 1.29 is 0 Å². The van der Waals surface area contributed by atoms with Crippen LogP contribution in [0.3, 0.4) is 0 Å². The van der Waals surface area contributed by atoms with Gasteiger partial charge in [0.25, 0.3) is 0 Å². The summed E-state index contributed by atoms with van der Waals surface area (Å²) in [5.41, 5.74) is 6.11. The number of halogens is 1. The van der Waals surface area contributed by atoms with E-state index in [4.69, 9.17) is 11.6 Å². The molecule has 0 unspecified atom stereocenters. The third-order valence-electron chi connectivity index (χ3n) is 4.07. The fourth-order valence-electron chi connectivity index (χ4n) is 3.00. The lowest BCUT2D eigenvalue weighted by atomic mass is 9.74. The van der Waals surface area contributed by atoms with E-state index in [2.05, 4.69) is 50.4 Å². The first-order valence-electron chi connectivity index (χ1n) is 6.73. The maximum absolute atomic E-state index is 6.41. The molecular formula is C17H18ClN. The van der Waals surface area contributed by atoms with Gasteiger partial charge in [-0.1, -0.05) is 50.6 Å². The topological polar surface area (TPSA) is 12.0 Å². The minimum atomic E-state index is -0.0689. The molecule has 1 nitrogen and oxygen atoms in total. The highest BCUT2D eigenvalue weighted by atomic mass is 35.5. The summed E-state index contributed by atoms with van der Waals surface area (Å²) >= 11 is 6.41. The quantitative estimate of drug-likeness (QED) is 0.743. The van der Waals surface area contributed by atoms with Crippen LogP contribution in [-0.2, 0) is 11.8 Å². The number of fused-ring (bicyclic) bond motifs is 2. The van der Waals surface area contributed by atoms with Crippen LogP contribution in [0, 0.1) is 0 Å². The molecule has 0 aliphatic carbocycles. The molecule has 0 amide bonds. The molecule has 3 rings (SSSR count). The molecule has 0 aromatic heterocycles. The van der Waals surface area contributed by atoms with Crippen molar-refractivity contribution in [3.63, 3.8) is 0 Å². The number of rotatable bonds is 1. The summed E-state index contributed by atoms with van der Waals surface area (Å²) in [6, 6.07) is 12.8. The van der Waals surface area contributed by atoms with Crippen molar-refractivity contribution in [3.8, 4) is 0 Å². The first-order valence-corrected chi connectivity index (χ1v) is 7.11. The number of anilines is 2. The van der Waals surface area contributed by atoms with E-state index in [-0.39, 0.29) is 5.41 Å². The average Bonchev–Trinajstić information content (AvgIpc) is 2.37. The van der Waals surface area contributed by atoms with Crippen molar-refractivity contribution in [2.75, 3.05) is 5.32 Å². The first-order chi connectivity index (χ1) is 9.04. The second-order valence-electron chi connectivity index (χ2n) is 5.65. The fourth-order valence-corrected chi connectivity index (χ4v) is 3.41. The van der Waals surface area contributed by atoms with Gasteiger partial charge in [0.15, 0.2) is 0 Å². The van der Waals surface area contributed by atoms with E-state index < -0.39 is 0 Å². The maximum atomic E-state index is 6.41. The van der Waals surface area contributed by atoms with Crippen molar-refractivity contribution in [1.29, 1.82) is 0 Å². The first kappa shape index (κ1) is 12.6. The van der Waals surface area contributed by atoms with Gasteiger partial charge in [0, 0.05) is 27.4 Å². The highest BCUT2D eigenvalue weighted by Crippen LogP contribution is 2.48. The average molecular weight is 272 g/mol. The zero-order valence-electron chi connectivity index (χ0n) is 11.5. The smallest absolute Gasteiger partial charge is 0.0467 e. The summed E-state index contributed by atoms with van der Waals surface area (Å²) in [5, 5.41) is 4.36. The van der Waals surface area contributed by atoms with Crippen molar-refractivity contribution >= 4 is 23.0 Å². The molecule has 0 radical (unpaired) electrons. The van der Waals surface area contributed by atoms with E-state index in [1.54, 1.807) is 0 Å². The van der Waals surface area contributed by atoms with Crippen LogP contribution in [0.15, 0.2) is 36.4 Å². The van der Waals surface area contributed by atoms with Gasteiger partial charge in [-0.2, -0.15) is 0 Å². The Morgan fingerprint density at radius 3 is 2.63 bits per heavy atom. The van der Waals surface area contributed by atoms with Crippen LogP contribution in [0.4, 0.5) is 11.4 Å². The molecule has 0 fully saturated rings. The maximum Gasteiger partial charge on any atom is 0.0467 e. The summed E-state index contributed by atoms with van der Waals surface area (Å²) in [6.07, 6.45) is 1.05. The lowest BCUT2D eigenvalue weighted by Gasteiger charge is -2.36. The minimum absolute atomic E-state index is 0.0689. The Hall–Kier alpha value is -1.47. The van der Waals surface area contributed by atoms with Crippen molar-refractivity contribution in [2.24, 2.45) is 0 Å². The molecule has 1 N–H and O–H groups in total. The van der Waals surface area contributed by atoms with Crippen molar-refractivity contribution in [2.45, 2.75) is 32.6 Å². The van der Waals surface area contributed by atoms with Gasteiger partial charge in [0.2, 0.25) is 0 Å². The molecular weight excluding hydrogens is 254 g/mol. The van der Waals surface area contributed by atoms with Gasteiger partial charge in [-0.05, 0) is 35.7 Å². The number of hydrogen-bond acceptors (Lipinski definition) is 1. The summed E-state index contributed by atoms with van der Waals surface area (Å²) < 4.78 is 0. The molecule has 2 aromatic rings. The molecule has 1 heterocycles. The van der Waals surface area contributed by atoms with Crippen LogP contribution in [0.25, 0.3) is 0 Å². The lowest BCUT2D eigenvalue weighted by Crippen LogP contribution is -2.26. The highest BCUT2D eigenvalue weighted by Gasteiger charge is 2.34. The molecule has 2 heteroatoms. The minimum Gasteiger partial charge on any atom is -0.355 e. The van der Waals surface area contributed by atoms with E-state index in [9.17, 15) is 0 Å². The number of nitrogens with one attached hydrogen (secondary N) is 1. The Balaban J connectivity index is 2.24. The van der Waals surface area contributed by atoms with Crippen LogP contribution in [-0.4, -0.2) is 0 Å². The largest absolute Gasteiger partial charge is 0.355 e. The molecule has 0 bridgehead atoms. The molecule has 1 aliphatic heterocycles. The standard InChI is InChI=1S/C17H18ClN/c1-4-11-8-9-12-15(10-11)19-14-7-5-6-13(18)16(14)17(12,2)3/h5-10,19H,4H2,1-3H3. The van der Waals surface area contributed by atoms with Gasteiger partial charge in [0.05, 0.1) is 0 Å². The number of aryl methyl sites for hydroxylation is 1. The molecule has 0 atom stereocenters. The Morgan fingerprint density at radius 2 is 1.89 bits per heavy atom. The fraction of sp³-hybridized carbons (Fsp3) is 0.294. The van der Waals surface area contributed by atoms with Crippen molar-refractivity contribution in [3.05, 3.63) is 58.1 Å².